The van der Waals surface area contributed by atoms with Crippen molar-refractivity contribution in [2.24, 2.45) is 0 Å². The summed E-state index contributed by atoms with van der Waals surface area (Å²) < 4.78 is 6.74. The highest BCUT2D eigenvalue weighted by Gasteiger charge is 2.53. The Bertz CT molecular complexity index is 627. The predicted octanol–water partition coefficient (Wildman–Crippen LogP) is -0.255. The van der Waals surface area contributed by atoms with Crippen LogP contribution in [0.3, 0.4) is 0 Å². The Balaban J connectivity index is 2.11. The van der Waals surface area contributed by atoms with Gasteiger partial charge in [0.05, 0.1) is 11.6 Å². The molecule has 1 aliphatic heterocycles. The summed E-state index contributed by atoms with van der Waals surface area (Å²) in [5.74, 6) is -2.12. The van der Waals surface area contributed by atoms with Crippen molar-refractivity contribution in [3.05, 3.63) is 36.5 Å². The number of ether oxygens (including phenoxy) is 1. The zero-order chi connectivity index (χ0) is 14.5. The van der Waals surface area contributed by atoms with Gasteiger partial charge in [0.25, 0.3) is 5.91 Å². The van der Waals surface area contributed by atoms with E-state index >= 15 is 0 Å². The third kappa shape index (κ3) is 1.77. The van der Waals surface area contributed by atoms with E-state index in [1.54, 1.807) is 24.4 Å². The van der Waals surface area contributed by atoms with Crippen molar-refractivity contribution in [3.63, 3.8) is 0 Å². The van der Waals surface area contributed by atoms with Gasteiger partial charge >= 0.3 is 0 Å². The Morgan fingerprint density at radius 2 is 1.80 bits per heavy atom. The monoisotopic (exact) mass is 279 g/mol. The number of aliphatic hydroxyl groups excluding tert-OH is 3. The molecule has 4 N–H and O–H groups in total. The van der Waals surface area contributed by atoms with Gasteiger partial charge in [0, 0.05) is 6.20 Å². The largest absolute Gasteiger partial charge is 0.388 e. The molecule has 0 bridgehead atoms. The van der Waals surface area contributed by atoms with Crippen molar-refractivity contribution < 1.29 is 25.2 Å². The minimum atomic E-state index is -2.12. The van der Waals surface area contributed by atoms with E-state index in [-0.39, 0.29) is 0 Å². The molecule has 0 saturated carbocycles. The van der Waals surface area contributed by atoms with Gasteiger partial charge in [-0.25, -0.2) is 0 Å². The van der Waals surface area contributed by atoms with Crippen LogP contribution in [0.5, 0.6) is 0 Å². The first-order valence-electron chi connectivity index (χ1n) is 6.46. The molecule has 0 spiro atoms. The molecular weight excluding hydrogens is 262 g/mol. The number of fused-ring (bicyclic) bond motifs is 1. The van der Waals surface area contributed by atoms with E-state index in [0.29, 0.717) is 5.52 Å². The number of para-hydroxylation sites is 1. The second kappa shape index (κ2) is 4.54. The summed E-state index contributed by atoms with van der Waals surface area (Å²) in [5.41, 5.74) is 0.657. The molecule has 1 aromatic carbocycles. The van der Waals surface area contributed by atoms with Crippen LogP contribution in [0.25, 0.3) is 10.9 Å². The van der Waals surface area contributed by atoms with Gasteiger partial charge < -0.3 is 25.2 Å². The molecule has 1 fully saturated rings. The average Bonchev–Trinajstić information content (AvgIpc) is 2.87. The Morgan fingerprint density at radius 3 is 2.55 bits per heavy atom. The molecule has 0 unspecified atom stereocenters. The lowest BCUT2D eigenvalue weighted by Crippen LogP contribution is -2.64. The molecule has 1 aliphatic rings. The van der Waals surface area contributed by atoms with E-state index in [2.05, 4.69) is 0 Å². The van der Waals surface area contributed by atoms with Crippen molar-refractivity contribution in [1.29, 1.82) is 0 Å². The van der Waals surface area contributed by atoms with E-state index in [4.69, 9.17) is 4.74 Å². The molecule has 2 aromatic rings. The molecule has 2 heterocycles. The molecule has 1 aromatic heterocycles. The van der Waals surface area contributed by atoms with Crippen molar-refractivity contribution in [2.75, 3.05) is 0 Å². The molecule has 5 atom stereocenters. The first-order valence-corrected chi connectivity index (χ1v) is 6.46. The molecule has 1 saturated heterocycles. The van der Waals surface area contributed by atoms with Crippen LogP contribution in [-0.4, -0.2) is 49.4 Å². The third-order valence-electron chi connectivity index (χ3n) is 3.84. The van der Waals surface area contributed by atoms with Crippen LogP contribution in [0.15, 0.2) is 36.5 Å². The number of aromatic nitrogens is 1. The van der Waals surface area contributed by atoms with Crippen LogP contribution >= 0.6 is 0 Å². The predicted molar refractivity (Wildman–Crippen MR) is 70.7 cm³/mol. The van der Waals surface area contributed by atoms with Crippen molar-refractivity contribution in [2.45, 2.75) is 37.3 Å². The number of rotatable bonds is 1. The van der Waals surface area contributed by atoms with E-state index < -0.39 is 30.3 Å². The molecule has 0 amide bonds. The summed E-state index contributed by atoms with van der Waals surface area (Å²) in [6.45, 7) is 1.52. The second-order valence-corrected chi connectivity index (χ2v) is 5.15. The zero-order valence-corrected chi connectivity index (χ0v) is 10.9. The Labute approximate surface area is 115 Å². The molecule has 0 aliphatic carbocycles. The van der Waals surface area contributed by atoms with Gasteiger partial charge in [-0.1, -0.05) is 18.2 Å². The molecule has 0 radical (unpaired) electrons. The highest BCUT2D eigenvalue weighted by atomic mass is 16.7. The fraction of sp³-hybridized carbons (Fsp3) is 0.429. The van der Waals surface area contributed by atoms with Crippen molar-refractivity contribution in [1.82, 2.24) is 4.57 Å². The van der Waals surface area contributed by atoms with Crippen LogP contribution in [0.4, 0.5) is 0 Å². The van der Waals surface area contributed by atoms with E-state index in [9.17, 15) is 20.4 Å². The van der Waals surface area contributed by atoms with E-state index in [1.807, 2.05) is 12.1 Å². The standard InChI is InChI=1S/C14H17NO5/c1-8-11(16)12(17)13(18)14(19,20-8)15-7-6-9-4-2-3-5-10(9)15/h2-8,11-13,16-19H,1H3/t8-,11+,12+,13-,14+/m1/s1. The maximum Gasteiger partial charge on any atom is 0.283 e. The van der Waals surface area contributed by atoms with Gasteiger partial charge in [-0.15, -0.1) is 0 Å². The number of nitrogens with zero attached hydrogens (tertiary/aromatic N) is 1. The van der Waals surface area contributed by atoms with Crippen molar-refractivity contribution in [3.8, 4) is 0 Å². The van der Waals surface area contributed by atoms with Crippen LogP contribution in [-0.2, 0) is 10.6 Å². The minimum absolute atomic E-state index is 0.657. The first-order chi connectivity index (χ1) is 9.45. The molecule has 6 nitrogen and oxygen atoms in total. The lowest BCUT2D eigenvalue weighted by atomic mass is 9.97. The molecule has 20 heavy (non-hydrogen) atoms. The smallest absolute Gasteiger partial charge is 0.283 e. The van der Waals surface area contributed by atoms with Gasteiger partial charge in [-0.3, -0.25) is 4.57 Å². The van der Waals surface area contributed by atoms with Crippen LogP contribution in [0, 0.1) is 0 Å². The molecule has 3 rings (SSSR count). The minimum Gasteiger partial charge on any atom is -0.388 e. The van der Waals surface area contributed by atoms with Crippen LogP contribution in [0.2, 0.25) is 0 Å². The lowest BCUT2D eigenvalue weighted by molar-refractivity contribution is -0.384. The molecule has 6 heteroatoms. The Hall–Kier alpha value is -1.44. The summed E-state index contributed by atoms with van der Waals surface area (Å²) in [7, 11) is 0. The molecule has 108 valence electrons. The van der Waals surface area contributed by atoms with Gasteiger partial charge in [0.1, 0.15) is 12.2 Å². The molecular formula is C14H17NO5. The number of hydrogen-bond acceptors (Lipinski definition) is 5. The number of benzene rings is 1. The van der Waals surface area contributed by atoms with E-state index in [0.717, 1.165) is 5.39 Å². The SMILES string of the molecule is C[C@H]1O[C@](O)(n2ccc3ccccc32)[C@H](O)[C@@H](O)[C@H]1O. The highest BCUT2D eigenvalue weighted by Crippen LogP contribution is 2.34. The first kappa shape index (κ1) is 13.5. The summed E-state index contributed by atoms with van der Waals surface area (Å²) >= 11 is 0. The number of hydrogen-bond donors (Lipinski definition) is 4. The lowest BCUT2D eigenvalue weighted by Gasteiger charge is -2.45. The van der Waals surface area contributed by atoms with Gasteiger partial charge in [0.2, 0.25) is 0 Å². The third-order valence-corrected chi connectivity index (χ3v) is 3.84. The fourth-order valence-corrected chi connectivity index (χ4v) is 2.66. The average molecular weight is 279 g/mol. The maximum absolute atomic E-state index is 10.7. The van der Waals surface area contributed by atoms with Gasteiger partial charge in [-0.2, -0.15) is 0 Å². The maximum atomic E-state index is 10.7. The van der Waals surface area contributed by atoms with Gasteiger partial charge in [0.15, 0.2) is 6.10 Å². The van der Waals surface area contributed by atoms with Crippen LogP contribution < -0.4 is 0 Å². The summed E-state index contributed by atoms with van der Waals surface area (Å²) in [5, 5.41) is 41.2. The zero-order valence-electron chi connectivity index (χ0n) is 10.9. The highest BCUT2D eigenvalue weighted by molar-refractivity contribution is 5.80. The second-order valence-electron chi connectivity index (χ2n) is 5.15. The summed E-state index contributed by atoms with van der Waals surface area (Å²) in [6, 6.07) is 9.05. The Morgan fingerprint density at radius 1 is 1.10 bits per heavy atom. The summed E-state index contributed by atoms with van der Waals surface area (Å²) in [4.78, 5) is 0. The quantitative estimate of drug-likeness (QED) is 0.577. The fourth-order valence-electron chi connectivity index (χ4n) is 2.66. The van der Waals surface area contributed by atoms with Gasteiger partial charge in [-0.05, 0) is 24.4 Å². The summed E-state index contributed by atoms with van der Waals surface area (Å²) in [6.07, 6.45) is -3.66. The topological polar surface area (TPSA) is 95.1 Å². The number of aliphatic hydroxyl groups is 4. The Kier molecular flexibility index (Phi) is 3.07. The normalized spacial score (nSPS) is 38.2. The van der Waals surface area contributed by atoms with Crippen molar-refractivity contribution >= 4 is 10.9 Å². The van der Waals surface area contributed by atoms with Crippen LogP contribution in [0.1, 0.15) is 6.92 Å². The van der Waals surface area contributed by atoms with E-state index in [1.165, 1.54) is 11.5 Å².